The van der Waals surface area contributed by atoms with Gasteiger partial charge in [0, 0.05) is 48.9 Å². The van der Waals surface area contributed by atoms with Gasteiger partial charge < -0.3 is 9.80 Å². The van der Waals surface area contributed by atoms with E-state index in [4.69, 9.17) is 0 Å². The van der Waals surface area contributed by atoms with E-state index >= 15 is 0 Å². The summed E-state index contributed by atoms with van der Waals surface area (Å²) < 4.78 is 1.37. The Balaban J connectivity index is 1.40. The zero-order chi connectivity index (χ0) is 21.3. The van der Waals surface area contributed by atoms with Crippen LogP contribution in [0.3, 0.4) is 0 Å². The number of nitrogens with zero attached hydrogens (tertiary/aromatic N) is 5. The Kier molecular flexibility index (Phi) is 5.49. The first-order valence-corrected chi connectivity index (χ1v) is 10.5. The van der Waals surface area contributed by atoms with E-state index in [1.807, 2.05) is 13.0 Å². The number of anilines is 1. The van der Waals surface area contributed by atoms with Crippen LogP contribution in [-0.4, -0.2) is 51.5 Å². The zero-order valence-corrected chi connectivity index (χ0v) is 17.3. The van der Waals surface area contributed by atoms with Gasteiger partial charge in [0.05, 0.1) is 16.6 Å². The zero-order valence-electron chi connectivity index (χ0n) is 16.5. The highest BCUT2D eigenvalue weighted by atomic mass is 32.1. The normalized spacial score (nSPS) is 14.3. The van der Waals surface area contributed by atoms with Crippen molar-refractivity contribution in [3.8, 4) is 0 Å². The molecule has 0 saturated carbocycles. The second-order valence-electron chi connectivity index (χ2n) is 7.10. The summed E-state index contributed by atoms with van der Waals surface area (Å²) in [6.07, 6.45) is 2.30. The molecule has 0 aliphatic carbocycles. The van der Waals surface area contributed by atoms with Gasteiger partial charge in [-0.1, -0.05) is 6.92 Å². The number of carbonyl (C=O) groups is 1. The molecular weight excluding hydrogens is 406 g/mol. The van der Waals surface area contributed by atoms with Gasteiger partial charge in [-0.15, -0.1) is 11.3 Å². The van der Waals surface area contributed by atoms with Gasteiger partial charge in [0.25, 0.3) is 11.2 Å². The van der Waals surface area contributed by atoms with Crippen molar-refractivity contribution < 1.29 is 9.72 Å². The lowest BCUT2D eigenvalue weighted by molar-refractivity contribution is -0.384. The number of fused-ring (bicyclic) bond motifs is 1. The largest absolute Gasteiger partial charge is 0.368 e. The fourth-order valence-electron chi connectivity index (χ4n) is 3.54. The van der Waals surface area contributed by atoms with E-state index in [0.29, 0.717) is 36.4 Å². The summed E-state index contributed by atoms with van der Waals surface area (Å²) in [7, 11) is 0. The molecule has 1 aliphatic rings. The Hall–Kier alpha value is -3.27. The van der Waals surface area contributed by atoms with Crippen molar-refractivity contribution in [2.75, 3.05) is 31.1 Å². The number of aromatic nitrogens is 2. The molecule has 9 nitrogen and oxygen atoms in total. The highest BCUT2D eigenvalue weighted by Crippen LogP contribution is 2.22. The molecule has 1 saturated heterocycles. The van der Waals surface area contributed by atoms with E-state index in [9.17, 15) is 19.7 Å². The van der Waals surface area contributed by atoms with Crippen molar-refractivity contribution >= 4 is 38.8 Å². The molecule has 1 aliphatic heterocycles. The summed E-state index contributed by atoms with van der Waals surface area (Å²) in [5.41, 5.74) is 0.761. The van der Waals surface area contributed by atoms with E-state index in [1.54, 1.807) is 17.0 Å². The van der Waals surface area contributed by atoms with Crippen LogP contribution >= 0.6 is 11.3 Å². The van der Waals surface area contributed by atoms with Crippen molar-refractivity contribution in [3.05, 3.63) is 62.0 Å². The maximum Gasteiger partial charge on any atom is 0.269 e. The monoisotopic (exact) mass is 427 g/mol. The van der Waals surface area contributed by atoms with Crippen molar-refractivity contribution in [2.24, 2.45) is 0 Å². The van der Waals surface area contributed by atoms with Gasteiger partial charge in [0.15, 0.2) is 0 Å². The second kappa shape index (κ2) is 8.23. The quantitative estimate of drug-likeness (QED) is 0.457. The Morgan fingerprint density at radius 1 is 1.20 bits per heavy atom. The molecule has 2 aromatic heterocycles. The lowest BCUT2D eigenvalue weighted by Crippen LogP contribution is -2.50. The number of hydrogen-bond acceptors (Lipinski definition) is 7. The first kappa shape index (κ1) is 20.0. The van der Waals surface area contributed by atoms with E-state index in [2.05, 4.69) is 9.88 Å². The molecule has 1 aromatic carbocycles. The maximum absolute atomic E-state index is 12.7. The van der Waals surface area contributed by atoms with Crippen LogP contribution in [0.1, 0.15) is 11.8 Å². The SMILES string of the molecule is CCc1cc2c(=O)n(CC(=O)N3CCN(c4ccc([N+](=O)[O-])cc4)CC3)cnc2s1. The summed E-state index contributed by atoms with van der Waals surface area (Å²) in [5, 5.41) is 11.4. The third kappa shape index (κ3) is 3.90. The first-order valence-electron chi connectivity index (χ1n) is 9.71. The molecule has 1 amide bonds. The number of benzene rings is 1. The van der Waals surface area contributed by atoms with Crippen molar-refractivity contribution in [1.29, 1.82) is 0 Å². The number of nitro groups is 1. The molecule has 156 valence electrons. The number of carbonyl (C=O) groups excluding carboxylic acids is 1. The van der Waals surface area contributed by atoms with E-state index in [1.165, 1.54) is 34.4 Å². The van der Waals surface area contributed by atoms with E-state index in [-0.39, 0.29) is 23.7 Å². The van der Waals surface area contributed by atoms with Crippen molar-refractivity contribution in [3.63, 3.8) is 0 Å². The Bertz CT molecular complexity index is 1150. The number of rotatable bonds is 5. The van der Waals surface area contributed by atoms with Crippen LogP contribution in [0.25, 0.3) is 10.2 Å². The third-order valence-electron chi connectivity index (χ3n) is 5.28. The predicted octanol–water partition coefficient (Wildman–Crippen LogP) is 2.28. The number of non-ortho nitro benzene ring substituents is 1. The minimum atomic E-state index is -0.423. The Morgan fingerprint density at radius 3 is 2.53 bits per heavy atom. The minimum absolute atomic E-state index is 0.0311. The fraction of sp³-hybridized carbons (Fsp3) is 0.350. The summed E-state index contributed by atoms with van der Waals surface area (Å²) in [4.78, 5) is 45.8. The first-order chi connectivity index (χ1) is 14.5. The van der Waals surface area contributed by atoms with Gasteiger partial charge in [0.2, 0.25) is 5.91 Å². The van der Waals surface area contributed by atoms with Gasteiger partial charge in [-0.05, 0) is 24.6 Å². The molecule has 0 unspecified atom stereocenters. The number of piperazine rings is 1. The van der Waals surface area contributed by atoms with Crippen LogP contribution in [-0.2, 0) is 17.8 Å². The highest BCUT2D eigenvalue weighted by Gasteiger charge is 2.22. The van der Waals surface area contributed by atoms with Crippen molar-refractivity contribution in [1.82, 2.24) is 14.5 Å². The number of amides is 1. The molecular formula is C20H21N5O4S. The smallest absolute Gasteiger partial charge is 0.269 e. The minimum Gasteiger partial charge on any atom is -0.368 e. The van der Waals surface area contributed by atoms with Crippen LogP contribution in [0, 0.1) is 10.1 Å². The van der Waals surface area contributed by atoms with Crippen LogP contribution in [0.5, 0.6) is 0 Å². The predicted molar refractivity (Wildman–Crippen MR) is 115 cm³/mol. The van der Waals surface area contributed by atoms with Crippen LogP contribution in [0.4, 0.5) is 11.4 Å². The average molecular weight is 427 g/mol. The number of aryl methyl sites for hydroxylation is 1. The average Bonchev–Trinajstić information content (AvgIpc) is 3.20. The third-order valence-corrected chi connectivity index (χ3v) is 6.47. The van der Waals surface area contributed by atoms with Gasteiger partial charge >= 0.3 is 0 Å². The summed E-state index contributed by atoms with van der Waals surface area (Å²) in [5.74, 6) is -0.118. The highest BCUT2D eigenvalue weighted by molar-refractivity contribution is 7.18. The molecule has 0 N–H and O–H groups in total. The van der Waals surface area contributed by atoms with Gasteiger partial charge in [0.1, 0.15) is 11.4 Å². The molecule has 10 heteroatoms. The van der Waals surface area contributed by atoms with E-state index in [0.717, 1.165) is 17.0 Å². The fourth-order valence-corrected chi connectivity index (χ4v) is 4.47. The second-order valence-corrected chi connectivity index (χ2v) is 8.22. The Labute approximate surface area is 176 Å². The number of thiophene rings is 1. The van der Waals surface area contributed by atoms with Gasteiger partial charge in [-0.3, -0.25) is 24.3 Å². The van der Waals surface area contributed by atoms with Gasteiger partial charge in [-0.25, -0.2) is 4.98 Å². The molecule has 0 bridgehead atoms. The topological polar surface area (TPSA) is 102 Å². The molecule has 4 rings (SSSR count). The Morgan fingerprint density at radius 2 is 1.90 bits per heavy atom. The lowest BCUT2D eigenvalue weighted by Gasteiger charge is -2.36. The van der Waals surface area contributed by atoms with Crippen LogP contribution in [0.15, 0.2) is 41.5 Å². The van der Waals surface area contributed by atoms with Gasteiger partial charge in [-0.2, -0.15) is 0 Å². The maximum atomic E-state index is 12.7. The number of hydrogen-bond donors (Lipinski definition) is 0. The lowest BCUT2D eigenvalue weighted by atomic mass is 10.2. The summed E-state index contributed by atoms with van der Waals surface area (Å²) in [6.45, 7) is 4.30. The van der Waals surface area contributed by atoms with Crippen LogP contribution in [0.2, 0.25) is 0 Å². The molecule has 0 spiro atoms. The molecule has 0 atom stereocenters. The molecule has 1 fully saturated rings. The number of nitro benzene ring substituents is 1. The molecule has 30 heavy (non-hydrogen) atoms. The summed E-state index contributed by atoms with van der Waals surface area (Å²) in [6, 6.07) is 8.27. The molecule has 3 aromatic rings. The molecule has 3 heterocycles. The van der Waals surface area contributed by atoms with Crippen LogP contribution < -0.4 is 10.5 Å². The van der Waals surface area contributed by atoms with E-state index < -0.39 is 4.92 Å². The standard InChI is InChI=1S/C20H21N5O4S/c1-2-16-11-17-19(30-16)21-13-24(20(17)27)12-18(26)23-9-7-22(8-10-23)14-3-5-15(6-4-14)25(28)29/h3-6,11,13H,2,7-10,12H2,1H3. The van der Waals surface area contributed by atoms with Crippen molar-refractivity contribution in [2.45, 2.75) is 19.9 Å². The summed E-state index contributed by atoms with van der Waals surface area (Å²) >= 11 is 1.50. The molecule has 0 radical (unpaired) electrons.